The van der Waals surface area contributed by atoms with Crippen LogP contribution in [0.4, 0.5) is 0 Å². The van der Waals surface area contributed by atoms with Crippen LogP contribution in [-0.4, -0.2) is 6.71 Å². The van der Waals surface area contributed by atoms with Crippen molar-refractivity contribution in [1.82, 2.24) is 0 Å². The minimum absolute atomic E-state index is 0.372. The van der Waals surface area contributed by atoms with E-state index in [2.05, 4.69) is 87.0 Å². The fraction of sp³-hybridized carbons (Fsp3) is 0.364. The van der Waals surface area contributed by atoms with Crippen LogP contribution in [0.3, 0.4) is 0 Å². The lowest BCUT2D eigenvalue weighted by Gasteiger charge is -2.24. The van der Waals surface area contributed by atoms with E-state index in [0.29, 0.717) is 18.5 Å². The number of hydrogen-bond acceptors (Lipinski definition) is 2. The highest BCUT2D eigenvalue weighted by atomic mass is 32.1. The third-order valence-electron chi connectivity index (χ3n) is 4.88. The third kappa shape index (κ3) is 4.45. The van der Waals surface area contributed by atoms with E-state index in [1.54, 1.807) is 0 Å². The molecule has 0 spiro atoms. The van der Waals surface area contributed by atoms with E-state index in [1.165, 1.54) is 27.0 Å². The number of rotatable bonds is 7. The van der Waals surface area contributed by atoms with Crippen molar-refractivity contribution in [3.05, 3.63) is 64.9 Å². The van der Waals surface area contributed by atoms with Crippen LogP contribution in [-0.2, 0) is 0 Å². The Morgan fingerprint density at radius 2 is 1.36 bits per heavy atom. The van der Waals surface area contributed by atoms with Gasteiger partial charge in [0.05, 0.1) is 0 Å². The van der Waals surface area contributed by atoms with Crippen molar-refractivity contribution < 1.29 is 0 Å². The monoisotopic (exact) mass is 366 g/mol. The van der Waals surface area contributed by atoms with Crippen molar-refractivity contribution >= 4 is 44.4 Å². The molecule has 130 valence electrons. The Hall–Kier alpha value is -1.32. The van der Waals surface area contributed by atoms with Gasteiger partial charge in [0.2, 0.25) is 0 Å². The molecule has 1 aromatic carbocycles. The number of thiophene rings is 2. The molecule has 0 bridgehead atoms. The van der Waals surface area contributed by atoms with Crippen LogP contribution in [0.1, 0.15) is 45.6 Å². The van der Waals surface area contributed by atoms with E-state index in [-0.39, 0.29) is 0 Å². The lowest BCUT2D eigenvalue weighted by Crippen LogP contribution is -2.49. The molecule has 25 heavy (non-hydrogen) atoms. The fourth-order valence-corrected chi connectivity index (χ4v) is 5.43. The predicted octanol–water partition coefficient (Wildman–Crippen LogP) is 5.11. The molecule has 1 atom stereocenters. The number of benzene rings is 1. The summed E-state index contributed by atoms with van der Waals surface area (Å²) in [5, 5.41) is 4.36. The van der Waals surface area contributed by atoms with Gasteiger partial charge in [-0.3, -0.25) is 0 Å². The van der Waals surface area contributed by atoms with Gasteiger partial charge in [0, 0.05) is 0 Å². The highest BCUT2D eigenvalue weighted by Crippen LogP contribution is 2.30. The number of hydrogen-bond donors (Lipinski definition) is 0. The zero-order valence-corrected chi connectivity index (χ0v) is 17.2. The van der Waals surface area contributed by atoms with Gasteiger partial charge < -0.3 is 0 Å². The van der Waals surface area contributed by atoms with E-state index in [4.69, 9.17) is 0 Å². The molecular formula is C22H27BS2. The Bertz CT molecular complexity index is 706. The van der Waals surface area contributed by atoms with Gasteiger partial charge in [-0.25, -0.2) is 0 Å². The standard InChI is InChI=1S/C22H27BS2/c1-16(2)15-20(17(3)4)18-9-11-19(12-10-18)23(21-7-5-13-24-21)22-8-6-14-25-22/h5-14,16-17,20H,15H2,1-4H3. The minimum atomic E-state index is 0.372. The molecule has 0 radical (unpaired) electrons. The van der Waals surface area contributed by atoms with Crippen LogP contribution >= 0.6 is 22.7 Å². The first-order chi connectivity index (χ1) is 12.1. The van der Waals surface area contributed by atoms with E-state index < -0.39 is 0 Å². The molecule has 3 heteroatoms. The molecule has 1 unspecified atom stereocenters. The smallest absolute Gasteiger partial charge is 0.158 e. The topological polar surface area (TPSA) is 0 Å². The average Bonchev–Trinajstić information content (AvgIpc) is 3.28. The second-order valence-corrected chi connectivity index (χ2v) is 9.57. The zero-order valence-electron chi connectivity index (χ0n) is 15.6. The molecule has 0 saturated carbocycles. The summed E-state index contributed by atoms with van der Waals surface area (Å²) in [6.07, 6.45) is 1.26. The Morgan fingerprint density at radius 1 is 0.800 bits per heavy atom. The van der Waals surface area contributed by atoms with Gasteiger partial charge in [0.1, 0.15) is 0 Å². The van der Waals surface area contributed by atoms with E-state index in [0.717, 1.165) is 5.92 Å². The first-order valence-electron chi connectivity index (χ1n) is 9.23. The van der Waals surface area contributed by atoms with Crippen LogP contribution in [0.2, 0.25) is 0 Å². The molecule has 0 aliphatic rings. The summed E-state index contributed by atoms with van der Waals surface area (Å²) in [6.45, 7) is 9.72. The molecule has 0 N–H and O–H groups in total. The Labute approximate surface area is 161 Å². The predicted molar refractivity (Wildman–Crippen MR) is 117 cm³/mol. The summed E-state index contributed by atoms with van der Waals surface area (Å²) >= 11 is 3.71. The maximum Gasteiger partial charge on any atom is 0.266 e. The first kappa shape index (κ1) is 18.5. The fourth-order valence-electron chi connectivity index (χ4n) is 3.62. The maximum atomic E-state index is 2.37. The second kappa shape index (κ2) is 8.38. The Morgan fingerprint density at radius 3 is 1.76 bits per heavy atom. The molecule has 3 aromatic rings. The molecule has 2 heterocycles. The van der Waals surface area contributed by atoms with Crippen LogP contribution in [0.15, 0.2) is 59.3 Å². The first-order valence-corrected chi connectivity index (χ1v) is 11.0. The zero-order chi connectivity index (χ0) is 17.8. The van der Waals surface area contributed by atoms with E-state index in [1.807, 2.05) is 22.7 Å². The molecule has 0 nitrogen and oxygen atoms in total. The lowest BCUT2D eigenvalue weighted by atomic mass is 9.43. The molecule has 0 amide bonds. The summed E-state index contributed by atoms with van der Waals surface area (Å²) in [5.41, 5.74) is 2.89. The van der Waals surface area contributed by atoms with Crippen LogP contribution in [0.25, 0.3) is 0 Å². The van der Waals surface area contributed by atoms with Gasteiger partial charge in [0.25, 0.3) is 6.71 Å². The van der Waals surface area contributed by atoms with Crippen LogP contribution < -0.4 is 15.0 Å². The van der Waals surface area contributed by atoms with Gasteiger partial charge in [-0.05, 0) is 50.1 Å². The lowest BCUT2D eigenvalue weighted by molar-refractivity contribution is 0.408. The van der Waals surface area contributed by atoms with Crippen molar-refractivity contribution in [3.8, 4) is 0 Å². The largest absolute Gasteiger partial charge is 0.266 e. The van der Waals surface area contributed by atoms with Crippen LogP contribution in [0, 0.1) is 11.8 Å². The maximum absolute atomic E-state index is 2.37. The quantitative estimate of drug-likeness (QED) is 0.510. The van der Waals surface area contributed by atoms with Crippen LogP contribution in [0.5, 0.6) is 0 Å². The molecule has 0 saturated heterocycles. The molecule has 0 aliphatic carbocycles. The van der Waals surface area contributed by atoms with E-state index in [9.17, 15) is 0 Å². The summed E-state index contributed by atoms with van der Waals surface area (Å²) in [5.74, 6) is 2.06. The third-order valence-corrected chi connectivity index (χ3v) is 6.76. The highest BCUT2D eigenvalue weighted by molar-refractivity contribution is 7.33. The van der Waals surface area contributed by atoms with Gasteiger partial charge in [-0.2, -0.15) is 22.7 Å². The normalized spacial score (nSPS) is 12.7. The van der Waals surface area contributed by atoms with Gasteiger partial charge in [-0.15, -0.1) is 0 Å². The average molecular weight is 366 g/mol. The van der Waals surface area contributed by atoms with Gasteiger partial charge in [0.15, 0.2) is 0 Å². The molecule has 0 aliphatic heterocycles. The minimum Gasteiger partial charge on any atom is -0.158 e. The molecular weight excluding hydrogens is 339 g/mol. The van der Waals surface area contributed by atoms with Gasteiger partial charge >= 0.3 is 0 Å². The Balaban J connectivity index is 1.92. The summed E-state index contributed by atoms with van der Waals surface area (Å²) < 4.78 is 2.86. The molecule has 0 fully saturated rings. The van der Waals surface area contributed by atoms with Crippen molar-refractivity contribution in [2.45, 2.75) is 40.0 Å². The van der Waals surface area contributed by atoms with Gasteiger partial charge in [-0.1, -0.05) is 81.7 Å². The van der Waals surface area contributed by atoms with Crippen molar-refractivity contribution in [2.75, 3.05) is 0 Å². The summed E-state index contributed by atoms with van der Waals surface area (Å²) in [4.78, 5) is 0. The summed E-state index contributed by atoms with van der Waals surface area (Å²) in [7, 11) is 0. The highest BCUT2D eigenvalue weighted by Gasteiger charge is 2.24. The SMILES string of the molecule is CC(C)CC(c1ccc(B(c2cccs2)c2cccs2)cc1)C(C)C. The second-order valence-electron chi connectivity index (χ2n) is 7.61. The van der Waals surface area contributed by atoms with Crippen molar-refractivity contribution in [1.29, 1.82) is 0 Å². The molecule has 3 rings (SSSR count). The molecule has 2 aromatic heterocycles. The van der Waals surface area contributed by atoms with E-state index >= 15 is 0 Å². The Kier molecular flexibility index (Phi) is 6.19. The van der Waals surface area contributed by atoms with Crippen molar-refractivity contribution in [2.24, 2.45) is 11.8 Å². The van der Waals surface area contributed by atoms with Crippen molar-refractivity contribution in [3.63, 3.8) is 0 Å². The summed E-state index contributed by atoms with van der Waals surface area (Å²) in [6, 6.07) is 18.3.